The minimum absolute atomic E-state index is 0.000716. The SMILES string of the molecule is CC[C@H](C)[C@H](NC(=O)[C@H](C)N)C(=O)N[C@@H](Cc1cnc[nH]1)C(=O)N[C@@H](CC(C)C)C(=O)N[C@@H](CC(=O)O)C(=O)N[C@@H](CC(C)C)C(=O)N[C@@H](CCC(=O)O)C(=O)N[C@@H](CCC(=O)O)C(=O)N[C@@H](Cc1ccc(O)cc1)C(=O)N[C@@H](CCCN=C(N)N)C(=O)O. The predicted molar refractivity (Wildman–Crippen MR) is 317 cm³/mol. The van der Waals surface area contributed by atoms with Gasteiger partial charge < -0.3 is 95.6 Å². The number of phenolic OH excluding ortho intramolecular Hbond substituents is 1. The van der Waals surface area contributed by atoms with Gasteiger partial charge in [-0.25, -0.2) is 9.78 Å². The number of guanidine groups is 1. The van der Waals surface area contributed by atoms with Gasteiger partial charge in [0, 0.05) is 44.1 Å². The maximum Gasteiger partial charge on any atom is 0.326 e. The van der Waals surface area contributed by atoms with Gasteiger partial charge in [0.15, 0.2) is 5.96 Å². The fourth-order valence-corrected chi connectivity index (χ4v) is 8.68. The van der Waals surface area contributed by atoms with Gasteiger partial charge in [-0.05, 0) is 80.9 Å². The van der Waals surface area contributed by atoms with E-state index >= 15 is 0 Å². The Morgan fingerprint density at radius 3 is 1.38 bits per heavy atom. The second kappa shape index (κ2) is 38.0. The van der Waals surface area contributed by atoms with Crippen LogP contribution in [0, 0.1) is 17.8 Å². The molecule has 0 aliphatic heterocycles. The number of aromatic hydroxyl groups is 1. The molecule has 0 fully saturated rings. The summed E-state index contributed by atoms with van der Waals surface area (Å²) in [5.41, 5.74) is 17.2. The molecule has 0 radical (unpaired) electrons. The van der Waals surface area contributed by atoms with E-state index in [4.69, 9.17) is 17.2 Å². The van der Waals surface area contributed by atoms with E-state index in [-0.39, 0.29) is 62.7 Å². The van der Waals surface area contributed by atoms with Gasteiger partial charge in [-0.15, -0.1) is 0 Å². The number of carboxylic acids is 4. The minimum atomic E-state index is -1.95. The monoisotopic (exact) mass is 1260 g/mol. The number of H-pyrrole nitrogens is 1. The van der Waals surface area contributed by atoms with Crippen molar-refractivity contribution in [2.75, 3.05) is 6.54 Å². The number of carbonyl (C=O) groups excluding carboxylic acids is 9. The topological polar surface area (TPSA) is 550 Å². The summed E-state index contributed by atoms with van der Waals surface area (Å²) >= 11 is 0. The molecule has 0 saturated carbocycles. The summed E-state index contributed by atoms with van der Waals surface area (Å²) in [6.07, 6.45) is -1.83. The van der Waals surface area contributed by atoms with Gasteiger partial charge in [0.05, 0.1) is 18.8 Å². The zero-order valence-corrected chi connectivity index (χ0v) is 50.8. The van der Waals surface area contributed by atoms with Crippen molar-refractivity contribution in [2.45, 2.75) is 186 Å². The van der Waals surface area contributed by atoms with E-state index < -0.39 is 181 Å². The van der Waals surface area contributed by atoms with Gasteiger partial charge in [-0.2, -0.15) is 0 Å². The zero-order valence-electron chi connectivity index (χ0n) is 50.8. The van der Waals surface area contributed by atoms with Crippen molar-refractivity contribution >= 4 is 83.0 Å². The fraction of sp³-hybridized carbons (Fsp3) is 0.589. The number of nitrogens with two attached hydrogens (primary N) is 3. The second-order valence-electron chi connectivity index (χ2n) is 22.3. The first kappa shape index (κ1) is 75.7. The third-order valence-electron chi connectivity index (χ3n) is 13.6. The number of amides is 9. The molecule has 9 amide bonds. The lowest BCUT2D eigenvalue weighted by atomic mass is 9.97. The van der Waals surface area contributed by atoms with Crippen LogP contribution in [0.15, 0.2) is 41.8 Å². The van der Waals surface area contributed by atoms with Crippen LogP contribution in [0.25, 0.3) is 0 Å². The van der Waals surface area contributed by atoms with Crippen molar-refractivity contribution in [3.63, 3.8) is 0 Å². The lowest BCUT2D eigenvalue weighted by molar-refractivity contribution is -0.142. The van der Waals surface area contributed by atoms with Crippen LogP contribution in [-0.2, 0) is 75.2 Å². The largest absolute Gasteiger partial charge is 0.508 e. The molecule has 2 aromatic rings. The standard InChI is InChI=1S/C56H87N15O18/c1-8-29(6)45(71-46(79)30(7)57)54(87)70-40(23-32-25-60-26-62-32)52(85)66-38(21-28(4)5)50(83)69-41(24-44(77)78)53(86)67-37(20-27(2)3)49(82)64-34(15-17-42(73)74)47(80)63-35(16-18-43(75)76)48(81)68-39(22-31-11-13-33(72)14-12-31)51(84)65-36(55(88)89)10-9-19-61-56(58)59/h11-14,25-30,34-41,45,72H,8-10,15-24,57H2,1-7H3,(H,60,62)(H,63,80)(H,64,82)(H,65,84)(H,66,85)(H,67,86)(H,68,81)(H,69,83)(H,70,87)(H,71,79)(H,73,74)(H,75,76)(H,77,78)(H,88,89)(H4,58,59,61)/t29-,30-,34-,35-,36-,37-,38-,39-,40-,41-,45-/m0/s1. The highest BCUT2D eigenvalue weighted by Gasteiger charge is 2.37. The number of phenols is 1. The summed E-state index contributed by atoms with van der Waals surface area (Å²) in [6, 6.07) is -10.2. The van der Waals surface area contributed by atoms with E-state index in [0.29, 0.717) is 17.7 Å². The number of imidazole rings is 1. The first-order chi connectivity index (χ1) is 41.7. The molecule has 21 N–H and O–H groups in total. The van der Waals surface area contributed by atoms with Gasteiger partial charge in [0.2, 0.25) is 53.2 Å². The molecule has 0 aliphatic rings. The van der Waals surface area contributed by atoms with Crippen LogP contribution in [0.4, 0.5) is 0 Å². The maximum atomic E-state index is 14.3. The van der Waals surface area contributed by atoms with E-state index in [2.05, 4.69) is 62.8 Å². The van der Waals surface area contributed by atoms with Crippen molar-refractivity contribution in [3.05, 3.63) is 48.0 Å². The normalized spacial score (nSPS) is 14.8. The number of aromatic amines is 1. The fourth-order valence-electron chi connectivity index (χ4n) is 8.68. The van der Waals surface area contributed by atoms with Crippen molar-refractivity contribution < 1.29 is 87.9 Å². The molecule has 1 aromatic heterocycles. The molecular formula is C56H87N15O18. The van der Waals surface area contributed by atoms with E-state index in [1.165, 1.54) is 43.7 Å². The number of hydrogen-bond acceptors (Lipinski definition) is 17. The highest BCUT2D eigenvalue weighted by molar-refractivity contribution is 5.99. The molecule has 0 bridgehead atoms. The van der Waals surface area contributed by atoms with E-state index in [1.54, 1.807) is 41.5 Å². The van der Waals surface area contributed by atoms with E-state index in [0.717, 1.165) is 0 Å². The average molecular weight is 1260 g/mol. The number of carbonyl (C=O) groups is 13. The van der Waals surface area contributed by atoms with Crippen molar-refractivity contribution in [2.24, 2.45) is 39.9 Å². The van der Waals surface area contributed by atoms with E-state index in [9.17, 15) is 87.9 Å². The zero-order chi connectivity index (χ0) is 67.2. The molecule has 89 heavy (non-hydrogen) atoms. The van der Waals surface area contributed by atoms with Gasteiger partial charge in [0.25, 0.3) is 0 Å². The highest BCUT2D eigenvalue weighted by Crippen LogP contribution is 2.16. The van der Waals surface area contributed by atoms with Crippen LogP contribution in [-0.4, -0.2) is 185 Å². The molecule has 0 spiro atoms. The smallest absolute Gasteiger partial charge is 0.326 e. The molecule has 1 heterocycles. The minimum Gasteiger partial charge on any atom is -0.508 e. The first-order valence-corrected chi connectivity index (χ1v) is 28.9. The third kappa shape index (κ3) is 28.8. The molecule has 0 unspecified atom stereocenters. The summed E-state index contributed by atoms with van der Waals surface area (Å²) in [5, 5.41) is 71.0. The van der Waals surface area contributed by atoms with Crippen molar-refractivity contribution in [3.8, 4) is 5.75 Å². The van der Waals surface area contributed by atoms with E-state index in [1.807, 2.05) is 0 Å². The van der Waals surface area contributed by atoms with Crippen LogP contribution in [0.3, 0.4) is 0 Å². The Labute approximate surface area is 513 Å². The van der Waals surface area contributed by atoms with Crippen LogP contribution in [0.1, 0.15) is 124 Å². The number of aromatic nitrogens is 2. The van der Waals surface area contributed by atoms with Crippen LogP contribution in [0.2, 0.25) is 0 Å². The molecule has 0 saturated heterocycles. The first-order valence-electron chi connectivity index (χ1n) is 28.9. The molecule has 0 aliphatic carbocycles. The molecule has 1 aromatic carbocycles. The maximum absolute atomic E-state index is 14.3. The predicted octanol–water partition coefficient (Wildman–Crippen LogP) is -2.91. The lowest BCUT2D eigenvalue weighted by Gasteiger charge is -2.29. The number of aliphatic imine (C=N–C) groups is 1. The van der Waals surface area contributed by atoms with Crippen molar-refractivity contribution in [1.82, 2.24) is 57.8 Å². The Kier molecular flexibility index (Phi) is 32.3. The Bertz CT molecular complexity index is 2770. The van der Waals surface area contributed by atoms with Crippen LogP contribution >= 0.6 is 0 Å². The Hall–Kier alpha value is -9.43. The summed E-state index contributed by atoms with van der Waals surface area (Å²) in [6.45, 7) is 11.5. The molecule has 33 nitrogen and oxygen atoms in total. The Morgan fingerprint density at radius 2 is 0.955 bits per heavy atom. The molecule has 494 valence electrons. The van der Waals surface area contributed by atoms with Crippen LogP contribution in [0.5, 0.6) is 5.75 Å². The van der Waals surface area contributed by atoms with Gasteiger partial charge in [-0.1, -0.05) is 60.1 Å². The van der Waals surface area contributed by atoms with Crippen LogP contribution < -0.4 is 65.1 Å². The summed E-state index contributed by atoms with van der Waals surface area (Å²) in [4.78, 5) is 184. The number of benzene rings is 1. The number of nitrogens with one attached hydrogen (secondary N) is 10. The summed E-state index contributed by atoms with van der Waals surface area (Å²) < 4.78 is 0. The van der Waals surface area contributed by atoms with Crippen molar-refractivity contribution in [1.29, 1.82) is 0 Å². The quantitative estimate of drug-likeness (QED) is 0.0180. The molecule has 33 heteroatoms. The summed E-state index contributed by atoms with van der Waals surface area (Å²) in [5.74, 6) is -16.9. The highest BCUT2D eigenvalue weighted by atomic mass is 16.4. The summed E-state index contributed by atoms with van der Waals surface area (Å²) in [7, 11) is 0. The Balaban J connectivity index is 2.52. The van der Waals surface area contributed by atoms with Gasteiger partial charge >= 0.3 is 23.9 Å². The number of carboxylic acid groups (broad SMARTS) is 4. The molecule has 11 atom stereocenters. The van der Waals surface area contributed by atoms with Gasteiger partial charge in [-0.3, -0.25) is 62.5 Å². The third-order valence-corrected chi connectivity index (χ3v) is 13.6. The Morgan fingerprint density at radius 1 is 0.528 bits per heavy atom. The lowest BCUT2D eigenvalue weighted by Crippen LogP contribution is -2.61. The van der Waals surface area contributed by atoms with Gasteiger partial charge in [0.1, 0.15) is 60.1 Å². The number of rotatable bonds is 41. The number of nitrogens with zero attached hydrogens (tertiary/aromatic N) is 2. The number of aliphatic carboxylic acids is 4. The number of hydrogen-bond donors (Lipinski definition) is 18. The second-order valence-corrected chi connectivity index (χ2v) is 22.3. The average Bonchev–Trinajstić information content (AvgIpc) is 4.18. The molecular weight excluding hydrogens is 1170 g/mol. The molecule has 2 rings (SSSR count).